The van der Waals surface area contributed by atoms with Crippen LogP contribution < -0.4 is 14.8 Å². The van der Waals surface area contributed by atoms with E-state index in [1.165, 1.54) is 0 Å². The lowest BCUT2D eigenvalue weighted by Gasteiger charge is -2.25. The van der Waals surface area contributed by atoms with Crippen LogP contribution in [0, 0.1) is 0 Å². The van der Waals surface area contributed by atoms with Crippen molar-refractivity contribution in [3.63, 3.8) is 0 Å². The molecule has 3 aromatic carbocycles. The summed E-state index contributed by atoms with van der Waals surface area (Å²) in [6.45, 7) is 0.539. The van der Waals surface area contributed by atoms with Crippen molar-refractivity contribution in [1.29, 1.82) is 0 Å². The molecule has 33 heavy (non-hydrogen) atoms. The van der Waals surface area contributed by atoms with E-state index in [2.05, 4.69) is 22.4 Å². The number of rotatable bonds is 4. The van der Waals surface area contributed by atoms with Gasteiger partial charge in [0.15, 0.2) is 0 Å². The molecule has 0 saturated carbocycles. The summed E-state index contributed by atoms with van der Waals surface area (Å²) in [4.78, 5) is 14.1. The van der Waals surface area contributed by atoms with Crippen molar-refractivity contribution in [2.45, 2.75) is 12.3 Å². The van der Waals surface area contributed by atoms with E-state index in [-0.39, 0.29) is 5.92 Å². The largest absolute Gasteiger partial charge is 0.497 e. The minimum Gasteiger partial charge on any atom is -0.497 e. The van der Waals surface area contributed by atoms with Gasteiger partial charge in [0, 0.05) is 34.2 Å². The van der Waals surface area contributed by atoms with Crippen molar-refractivity contribution in [2.75, 3.05) is 19.0 Å². The summed E-state index contributed by atoms with van der Waals surface area (Å²) in [6, 6.07) is 22.2. The first-order valence-electron chi connectivity index (χ1n) is 10.9. The predicted octanol–water partition coefficient (Wildman–Crippen LogP) is 5.65. The van der Waals surface area contributed by atoms with Crippen LogP contribution >= 0.6 is 0 Å². The van der Waals surface area contributed by atoms with E-state index in [1.807, 2.05) is 67.0 Å². The van der Waals surface area contributed by atoms with Gasteiger partial charge in [-0.05, 0) is 54.4 Å². The minimum atomic E-state index is 0.0477. The van der Waals surface area contributed by atoms with Crippen LogP contribution in [-0.2, 0) is 6.42 Å². The summed E-state index contributed by atoms with van der Waals surface area (Å²) in [5.74, 6) is 3.33. The van der Waals surface area contributed by atoms with Gasteiger partial charge in [-0.15, -0.1) is 0 Å². The molecule has 0 aliphatic carbocycles. The maximum atomic E-state index is 6.05. The van der Waals surface area contributed by atoms with Crippen LogP contribution in [0.15, 0.2) is 79.1 Å². The monoisotopic (exact) mass is 434 g/mol. The van der Waals surface area contributed by atoms with Crippen LogP contribution in [0.5, 0.6) is 11.5 Å². The lowest BCUT2D eigenvalue weighted by molar-refractivity contribution is 0.257. The highest BCUT2D eigenvalue weighted by molar-refractivity contribution is 5.98. The van der Waals surface area contributed by atoms with Gasteiger partial charge >= 0.3 is 0 Å². The molecule has 0 fully saturated rings. The highest BCUT2D eigenvalue weighted by atomic mass is 16.5. The topological polar surface area (TPSA) is 69.2 Å². The van der Waals surface area contributed by atoms with Gasteiger partial charge in [-0.2, -0.15) is 0 Å². The first kappa shape index (κ1) is 19.5. The molecule has 6 heteroatoms. The molecule has 0 saturated heterocycles. The Morgan fingerprint density at radius 3 is 2.85 bits per heavy atom. The molecule has 2 aromatic heterocycles. The number of para-hydroxylation sites is 1. The van der Waals surface area contributed by atoms with Gasteiger partial charge in [0.25, 0.3) is 0 Å². The average molecular weight is 434 g/mol. The fraction of sp³-hybridized carbons (Fsp3) is 0.148. The normalized spacial score (nSPS) is 15.1. The molecule has 1 aliphatic rings. The number of nitrogens with one attached hydrogen (secondary N) is 1. The molecule has 0 bridgehead atoms. The number of aromatic nitrogens is 3. The van der Waals surface area contributed by atoms with E-state index in [9.17, 15) is 0 Å². The molecular weight excluding hydrogens is 412 g/mol. The number of nitrogens with zero attached hydrogens (tertiary/aromatic N) is 3. The first-order chi connectivity index (χ1) is 16.3. The number of hydrogen-bond donors (Lipinski definition) is 1. The van der Waals surface area contributed by atoms with Crippen molar-refractivity contribution < 1.29 is 9.47 Å². The van der Waals surface area contributed by atoms with Gasteiger partial charge in [0.1, 0.15) is 23.1 Å². The third kappa shape index (κ3) is 3.59. The Morgan fingerprint density at radius 1 is 0.970 bits per heavy atom. The molecule has 6 rings (SSSR count). The Labute approximate surface area is 191 Å². The fourth-order valence-electron chi connectivity index (χ4n) is 4.40. The van der Waals surface area contributed by atoms with Crippen molar-refractivity contribution >= 4 is 33.2 Å². The summed E-state index contributed by atoms with van der Waals surface area (Å²) >= 11 is 0. The smallest absolute Gasteiger partial charge is 0.142 e. The molecule has 162 valence electrons. The number of pyridine rings is 1. The molecule has 1 unspecified atom stereocenters. The quantitative estimate of drug-likeness (QED) is 0.394. The minimum absolute atomic E-state index is 0.0477. The standard InChI is InChI=1S/C27H22N4O2/c1-32-20-9-10-25-18(14-20)13-19(16-33-25)26-29-24-7-3-2-6-22(24)27(31-26)30-23-8-4-5-17-15-28-12-11-21(17)23/h2-12,14-15,19H,13,16H2,1H3,(H,29,30,31). The second-order valence-electron chi connectivity index (χ2n) is 8.16. The lowest BCUT2D eigenvalue weighted by Crippen LogP contribution is -2.21. The van der Waals surface area contributed by atoms with E-state index >= 15 is 0 Å². The number of hydrogen-bond acceptors (Lipinski definition) is 6. The Hall–Kier alpha value is -4.19. The Balaban J connectivity index is 1.42. The van der Waals surface area contributed by atoms with Gasteiger partial charge in [-0.3, -0.25) is 4.98 Å². The molecule has 5 aromatic rings. The summed E-state index contributed by atoms with van der Waals surface area (Å²) in [6.07, 6.45) is 4.47. The first-order valence-corrected chi connectivity index (χ1v) is 10.9. The molecule has 0 spiro atoms. The van der Waals surface area contributed by atoms with Crippen molar-refractivity contribution in [1.82, 2.24) is 15.0 Å². The Kier molecular flexibility index (Phi) is 4.76. The van der Waals surface area contributed by atoms with E-state index < -0.39 is 0 Å². The van der Waals surface area contributed by atoms with Gasteiger partial charge in [-0.25, -0.2) is 9.97 Å². The second kappa shape index (κ2) is 8.06. The molecular formula is C27H22N4O2. The summed E-state index contributed by atoms with van der Waals surface area (Å²) < 4.78 is 11.5. The third-order valence-corrected chi connectivity index (χ3v) is 6.09. The van der Waals surface area contributed by atoms with E-state index in [0.29, 0.717) is 6.61 Å². The number of ether oxygens (including phenoxy) is 2. The molecule has 6 nitrogen and oxygen atoms in total. The number of methoxy groups -OCH3 is 1. The second-order valence-corrected chi connectivity index (χ2v) is 8.16. The van der Waals surface area contributed by atoms with E-state index in [4.69, 9.17) is 19.4 Å². The van der Waals surface area contributed by atoms with Crippen molar-refractivity contribution in [3.8, 4) is 11.5 Å². The third-order valence-electron chi connectivity index (χ3n) is 6.09. The summed E-state index contributed by atoms with van der Waals surface area (Å²) in [5.41, 5.74) is 3.00. The van der Waals surface area contributed by atoms with E-state index in [1.54, 1.807) is 7.11 Å². The zero-order valence-corrected chi connectivity index (χ0v) is 18.2. The number of anilines is 2. The molecule has 0 radical (unpaired) electrons. The van der Waals surface area contributed by atoms with Gasteiger partial charge in [0.05, 0.1) is 25.2 Å². The van der Waals surface area contributed by atoms with Crippen LogP contribution in [0.2, 0.25) is 0 Å². The Bertz CT molecular complexity index is 1480. The zero-order valence-electron chi connectivity index (χ0n) is 18.2. The van der Waals surface area contributed by atoms with Crippen LogP contribution in [0.1, 0.15) is 17.3 Å². The van der Waals surface area contributed by atoms with Crippen LogP contribution in [0.25, 0.3) is 21.7 Å². The van der Waals surface area contributed by atoms with Gasteiger partial charge < -0.3 is 14.8 Å². The fourth-order valence-corrected chi connectivity index (χ4v) is 4.40. The molecule has 1 N–H and O–H groups in total. The molecule has 1 atom stereocenters. The summed E-state index contributed by atoms with van der Waals surface area (Å²) in [7, 11) is 1.68. The number of benzene rings is 3. The van der Waals surface area contributed by atoms with E-state index in [0.717, 1.165) is 62.5 Å². The maximum Gasteiger partial charge on any atom is 0.142 e. The number of fused-ring (bicyclic) bond motifs is 3. The molecule has 3 heterocycles. The SMILES string of the molecule is COc1ccc2c(c1)CC(c1nc(Nc3cccc4cnccc34)c3ccccc3n1)CO2. The Morgan fingerprint density at radius 2 is 1.91 bits per heavy atom. The zero-order chi connectivity index (χ0) is 22.2. The van der Waals surface area contributed by atoms with Crippen LogP contribution in [-0.4, -0.2) is 28.7 Å². The van der Waals surface area contributed by atoms with Gasteiger partial charge in [-0.1, -0.05) is 24.3 Å². The van der Waals surface area contributed by atoms with Crippen molar-refractivity contribution in [2.24, 2.45) is 0 Å². The highest BCUT2D eigenvalue weighted by Gasteiger charge is 2.25. The van der Waals surface area contributed by atoms with Gasteiger partial charge in [0.2, 0.25) is 0 Å². The van der Waals surface area contributed by atoms with Crippen molar-refractivity contribution in [3.05, 3.63) is 90.5 Å². The highest BCUT2D eigenvalue weighted by Crippen LogP contribution is 2.35. The maximum absolute atomic E-state index is 6.05. The lowest BCUT2D eigenvalue weighted by atomic mass is 9.95. The van der Waals surface area contributed by atoms with Crippen LogP contribution in [0.4, 0.5) is 11.5 Å². The predicted molar refractivity (Wildman–Crippen MR) is 129 cm³/mol. The van der Waals surface area contributed by atoms with Crippen LogP contribution in [0.3, 0.4) is 0 Å². The average Bonchev–Trinajstić information content (AvgIpc) is 2.88. The summed E-state index contributed by atoms with van der Waals surface area (Å²) in [5, 5.41) is 6.72. The molecule has 1 aliphatic heterocycles. The molecule has 0 amide bonds.